The van der Waals surface area contributed by atoms with Gasteiger partial charge in [0.2, 0.25) is 0 Å². The highest BCUT2D eigenvalue weighted by Crippen LogP contribution is 2.32. The maximum Gasteiger partial charge on any atom is 0.00750 e. The molecule has 1 heteroatoms. The molecule has 0 spiro atoms. The second kappa shape index (κ2) is 6.70. The molecule has 1 atom stereocenters. The Balaban J connectivity index is 2.92. The van der Waals surface area contributed by atoms with Crippen molar-refractivity contribution in [3.8, 4) is 0 Å². The first-order valence-corrected chi connectivity index (χ1v) is 6.49. The predicted octanol–water partition coefficient (Wildman–Crippen LogP) is 3.74. The molecule has 0 saturated carbocycles. The third-order valence-corrected chi connectivity index (χ3v) is 3.59. The molecule has 0 bridgehead atoms. The third-order valence-electron chi connectivity index (χ3n) is 3.59. The van der Waals surface area contributed by atoms with Crippen LogP contribution in [0.15, 0.2) is 30.3 Å². The lowest BCUT2D eigenvalue weighted by Crippen LogP contribution is -2.36. The van der Waals surface area contributed by atoms with Crippen LogP contribution in [0, 0.1) is 0 Å². The molecule has 90 valence electrons. The van der Waals surface area contributed by atoms with Gasteiger partial charge in [0.05, 0.1) is 0 Å². The summed E-state index contributed by atoms with van der Waals surface area (Å²) in [5, 5.41) is 3.37. The molecule has 1 unspecified atom stereocenters. The van der Waals surface area contributed by atoms with Gasteiger partial charge in [0.15, 0.2) is 0 Å². The molecule has 1 N–H and O–H groups in total. The smallest absolute Gasteiger partial charge is 0.00750 e. The van der Waals surface area contributed by atoms with Crippen molar-refractivity contribution in [1.29, 1.82) is 0 Å². The molecule has 1 rings (SSSR count). The van der Waals surface area contributed by atoms with Gasteiger partial charge < -0.3 is 5.32 Å². The lowest BCUT2D eigenvalue weighted by Gasteiger charge is -2.33. The number of likely N-dealkylation sites (N-methyl/N-ethyl adjacent to an activating group) is 1. The summed E-state index contributed by atoms with van der Waals surface area (Å²) >= 11 is 0. The molecule has 0 aliphatic rings. The number of nitrogens with one attached hydrogen (secondary N) is 1. The molecule has 0 aliphatic carbocycles. The van der Waals surface area contributed by atoms with E-state index in [0.717, 1.165) is 6.54 Å². The van der Waals surface area contributed by atoms with Gasteiger partial charge in [-0.05, 0) is 25.5 Å². The van der Waals surface area contributed by atoms with Crippen molar-refractivity contribution >= 4 is 0 Å². The molecule has 0 radical (unpaired) electrons. The van der Waals surface area contributed by atoms with E-state index >= 15 is 0 Å². The lowest BCUT2D eigenvalue weighted by atomic mass is 9.74. The van der Waals surface area contributed by atoms with Crippen LogP contribution in [0.5, 0.6) is 0 Å². The van der Waals surface area contributed by atoms with Gasteiger partial charge in [-0.1, -0.05) is 57.0 Å². The molecule has 1 aromatic carbocycles. The Morgan fingerprint density at radius 3 is 2.31 bits per heavy atom. The zero-order valence-corrected chi connectivity index (χ0v) is 10.9. The van der Waals surface area contributed by atoms with Gasteiger partial charge in [0.25, 0.3) is 0 Å². The van der Waals surface area contributed by atoms with Crippen molar-refractivity contribution in [2.45, 2.75) is 44.9 Å². The first-order valence-electron chi connectivity index (χ1n) is 6.49. The van der Waals surface area contributed by atoms with Crippen LogP contribution in [-0.4, -0.2) is 13.6 Å². The summed E-state index contributed by atoms with van der Waals surface area (Å²) in [6.45, 7) is 5.65. The van der Waals surface area contributed by atoms with Crippen molar-refractivity contribution in [1.82, 2.24) is 5.32 Å². The number of hydrogen-bond acceptors (Lipinski definition) is 1. The molecule has 0 saturated heterocycles. The fourth-order valence-corrected chi connectivity index (χ4v) is 2.49. The molecule has 1 nitrogen and oxygen atoms in total. The molecule has 0 fully saturated rings. The van der Waals surface area contributed by atoms with E-state index in [9.17, 15) is 0 Å². The maximum atomic E-state index is 3.37. The van der Waals surface area contributed by atoms with Crippen molar-refractivity contribution in [3.63, 3.8) is 0 Å². The zero-order valence-electron chi connectivity index (χ0n) is 10.9. The van der Waals surface area contributed by atoms with Crippen LogP contribution in [-0.2, 0) is 5.41 Å². The van der Waals surface area contributed by atoms with Crippen LogP contribution in [0.2, 0.25) is 0 Å². The Bertz CT molecular complexity index is 281. The maximum absolute atomic E-state index is 3.37. The van der Waals surface area contributed by atoms with Gasteiger partial charge in [-0.25, -0.2) is 0 Å². The van der Waals surface area contributed by atoms with E-state index in [0.29, 0.717) is 5.41 Å². The SMILES string of the molecule is CCCCC(CC)(CNC)c1ccccc1. The quantitative estimate of drug-likeness (QED) is 0.736. The third kappa shape index (κ3) is 3.08. The first kappa shape index (κ1) is 13.2. The van der Waals surface area contributed by atoms with Crippen LogP contribution < -0.4 is 5.32 Å². The van der Waals surface area contributed by atoms with Gasteiger partial charge in [-0.15, -0.1) is 0 Å². The fourth-order valence-electron chi connectivity index (χ4n) is 2.49. The summed E-state index contributed by atoms with van der Waals surface area (Å²) in [5.74, 6) is 0. The standard InChI is InChI=1S/C15H25N/c1-4-6-12-15(5-2,13-16-3)14-10-8-7-9-11-14/h7-11,16H,4-6,12-13H2,1-3H3. The average Bonchev–Trinajstić information content (AvgIpc) is 2.36. The molecule has 1 aromatic rings. The molecule has 0 heterocycles. The van der Waals surface area contributed by atoms with Crippen LogP contribution in [0.3, 0.4) is 0 Å². The van der Waals surface area contributed by atoms with Crippen LogP contribution in [0.1, 0.15) is 45.1 Å². The van der Waals surface area contributed by atoms with Gasteiger partial charge in [0, 0.05) is 12.0 Å². The van der Waals surface area contributed by atoms with E-state index in [1.807, 2.05) is 0 Å². The predicted molar refractivity (Wildman–Crippen MR) is 71.9 cm³/mol. The Kier molecular flexibility index (Phi) is 5.54. The summed E-state index contributed by atoms with van der Waals surface area (Å²) < 4.78 is 0. The van der Waals surface area contributed by atoms with E-state index in [2.05, 4.69) is 56.5 Å². The van der Waals surface area contributed by atoms with E-state index in [1.54, 1.807) is 0 Å². The highest BCUT2D eigenvalue weighted by molar-refractivity contribution is 5.25. The minimum atomic E-state index is 0.325. The summed E-state index contributed by atoms with van der Waals surface area (Å²) in [5.41, 5.74) is 1.81. The van der Waals surface area contributed by atoms with Crippen molar-refractivity contribution in [2.24, 2.45) is 0 Å². The Morgan fingerprint density at radius 1 is 1.12 bits per heavy atom. The molecule has 0 aliphatic heterocycles. The number of hydrogen-bond donors (Lipinski definition) is 1. The van der Waals surface area contributed by atoms with Gasteiger partial charge in [0.1, 0.15) is 0 Å². The normalized spacial score (nSPS) is 14.7. The second-order valence-corrected chi connectivity index (χ2v) is 4.63. The van der Waals surface area contributed by atoms with E-state index in [1.165, 1.54) is 31.2 Å². The molecule has 0 aromatic heterocycles. The Hall–Kier alpha value is -0.820. The minimum absolute atomic E-state index is 0.325. The van der Waals surface area contributed by atoms with E-state index in [-0.39, 0.29) is 0 Å². The topological polar surface area (TPSA) is 12.0 Å². The Morgan fingerprint density at radius 2 is 1.81 bits per heavy atom. The summed E-state index contributed by atoms with van der Waals surface area (Å²) in [6.07, 6.45) is 5.07. The summed E-state index contributed by atoms with van der Waals surface area (Å²) in [6, 6.07) is 11.0. The Labute approximate surface area is 100 Å². The van der Waals surface area contributed by atoms with Crippen molar-refractivity contribution in [2.75, 3.05) is 13.6 Å². The second-order valence-electron chi connectivity index (χ2n) is 4.63. The molecule has 0 amide bonds. The van der Waals surface area contributed by atoms with Crippen LogP contribution in [0.4, 0.5) is 0 Å². The number of benzene rings is 1. The van der Waals surface area contributed by atoms with Crippen LogP contribution in [0.25, 0.3) is 0 Å². The number of unbranched alkanes of at least 4 members (excludes halogenated alkanes) is 1. The minimum Gasteiger partial charge on any atom is -0.319 e. The molecule has 16 heavy (non-hydrogen) atoms. The first-order chi connectivity index (χ1) is 7.79. The molecular formula is C15H25N. The van der Waals surface area contributed by atoms with Gasteiger partial charge in [-0.2, -0.15) is 0 Å². The van der Waals surface area contributed by atoms with Crippen molar-refractivity contribution < 1.29 is 0 Å². The lowest BCUT2D eigenvalue weighted by molar-refractivity contribution is 0.354. The zero-order chi connectivity index (χ0) is 11.9. The highest BCUT2D eigenvalue weighted by Gasteiger charge is 2.28. The van der Waals surface area contributed by atoms with Crippen LogP contribution >= 0.6 is 0 Å². The molecular weight excluding hydrogens is 194 g/mol. The largest absolute Gasteiger partial charge is 0.319 e. The monoisotopic (exact) mass is 219 g/mol. The van der Waals surface area contributed by atoms with E-state index in [4.69, 9.17) is 0 Å². The fraction of sp³-hybridized carbons (Fsp3) is 0.600. The van der Waals surface area contributed by atoms with E-state index < -0.39 is 0 Å². The summed E-state index contributed by atoms with van der Waals surface area (Å²) in [7, 11) is 2.05. The van der Waals surface area contributed by atoms with Gasteiger partial charge >= 0.3 is 0 Å². The number of rotatable bonds is 7. The summed E-state index contributed by atoms with van der Waals surface area (Å²) in [4.78, 5) is 0. The van der Waals surface area contributed by atoms with Crippen molar-refractivity contribution in [3.05, 3.63) is 35.9 Å². The van der Waals surface area contributed by atoms with Gasteiger partial charge in [-0.3, -0.25) is 0 Å². The average molecular weight is 219 g/mol. The highest BCUT2D eigenvalue weighted by atomic mass is 14.8.